The molecular formula is C20H15BrN2O3S. The maximum absolute atomic E-state index is 12.0. The van der Waals surface area contributed by atoms with Crippen LogP contribution in [0.15, 0.2) is 75.6 Å². The summed E-state index contributed by atoms with van der Waals surface area (Å²) >= 11 is 4.68. The molecule has 3 aromatic rings. The van der Waals surface area contributed by atoms with E-state index in [1.807, 2.05) is 29.6 Å². The van der Waals surface area contributed by atoms with Crippen molar-refractivity contribution in [2.24, 2.45) is 5.10 Å². The molecule has 0 aliphatic carbocycles. The highest BCUT2D eigenvalue weighted by molar-refractivity contribution is 9.10. The van der Waals surface area contributed by atoms with E-state index in [-0.39, 0.29) is 12.3 Å². The summed E-state index contributed by atoms with van der Waals surface area (Å²) in [5.74, 6) is -0.200. The quantitative estimate of drug-likeness (QED) is 0.265. The van der Waals surface area contributed by atoms with Crippen LogP contribution >= 0.6 is 27.3 Å². The summed E-state index contributed by atoms with van der Waals surface area (Å²) in [5.41, 5.74) is 4.09. The van der Waals surface area contributed by atoms with Crippen molar-refractivity contribution < 1.29 is 14.3 Å². The molecule has 0 fully saturated rings. The molecule has 136 valence electrons. The Kier molecular flexibility index (Phi) is 6.51. The van der Waals surface area contributed by atoms with E-state index in [1.165, 1.54) is 17.6 Å². The van der Waals surface area contributed by atoms with Gasteiger partial charge in [-0.15, -0.1) is 11.3 Å². The number of thiophene rings is 1. The Morgan fingerprint density at radius 3 is 2.67 bits per heavy atom. The predicted molar refractivity (Wildman–Crippen MR) is 109 cm³/mol. The highest BCUT2D eigenvalue weighted by atomic mass is 79.9. The largest absolute Gasteiger partial charge is 0.422 e. The van der Waals surface area contributed by atoms with Gasteiger partial charge in [0.1, 0.15) is 10.6 Å². The van der Waals surface area contributed by atoms with E-state index in [9.17, 15) is 9.59 Å². The topological polar surface area (TPSA) is 67.8 Å². The molecule has 0 atom stereocenters. The number of nitrogens with one attached hydrogen (secondary N) is 1. The number of esters is 1. The van der Waals surface area contributed by atoms with Gasteiger partial charge in [-0.05, 0) is 46.8 Å². The molecule has 0 bridgehead atoms. The number of nitrogens with zero attached hydrogens (tertiary/aromatic N) is 1. The normalized spacial score (nSPS) is 10.7. The standard InChI is InChI=1S/C20H15BrN2O3S/c21-16-8-6-14(7-9-16)12-19(24)23-22-13-15-3-1-4-17(11-15)26-20(25)18-5-2-10-27-18/h1-11,13H,12H2,(H,23,24)/b22-13-. The highest BCUT2D eigenvalue weighted by Gasteiger charge is 2.09. The van der Waals surface area contributed by atoms with Crippen molar-refractivity contribution in [2.75, 3.05) is 0 Å². The maximum Gasteiger partial charge on any atom is 0.353 e. The molecule has 7 heteroatoms. The van der Waals surface area contributed by atoms with E-state index in [2.05, 4.69) is 26.5 Å². The Bertz CT molecular complexity index is 954. The van der Waals surface area contributed by atoms with Crippen molar-refractivity contribution in [3.05, 3.63) is 86.5 Å². The number of hydrazone groups is 1. The summed E-state index contributed by atoms with van der Waals surface area (Å²) in [6, 6.07) is 17.9. The molecule has 0 unspecified atom stereocenters. The summed E-state index contributed by atoms with van der Waals surface area (Å²) in [4.78, 5) is 24.4. The molecule has 1 aromatic heterocycles. The van der Waals surface area contributed by atoms with E-state index < -0.39 is 5.97 Å². The zero-order valence-corrected chi connectivity index (χ0v) is 16.5. The molecule has 27 heavy (non-hydrogen) atoms. The first-order valence-electron chi connectivity index (χ1n) is 8.02. The van der Waals surface area contributed by atoms with Crippen LogP contribution in [0.4, 0.5) is 0 Å². The SMILES string of the molecule is O=C(Cc1ccc(Br)cc1)N/N=C\c1cccc(OC(=O)c2cccs2)c1. The molecule has 0 spiro atoms. The Labute approximate surface area is 168 Å². The third-order valence-corrected chi connectivity index (χ3v) is 4.85. The predicted octanol–water partition coefficient (Wildman–Crippen LogP) is 4.42. The fourth-order valence-electron chi connectivity index (χ4n) is 2.22. The third kappa shape index (κ3) is 5.87. The van der Waals surface area contributed by atoms with Crippen molar-refractivity contribution in [2.45, 2.75) is 6.42 Å². The Morgan fingerprint density at radius 1 is 1.11 bits per heavy atom. The molecule has 0 aliphatic heterocycles. The van der Waals surface area contributed by atoms with Gasteiger partial charge in [0, 0.05) is 4.47 Å². The number of benzene rings is 2. The van der Waals surface area contributed by atoms with Crippen LogP contribution in [0.2, 0.25) is 0 Å². The lowest BCUT2D eigenvalue weighted by atomic mass is 10.1. The number of amides is 1. The molecule has 3 rings (SSSR count). The minimum atomic E-state index is -0.401. The van der Waals surface area contributed by atoms with Crippen molar-refractivity contribution in [1.82, 2.24) is 5.43 Å². The lowest BCUT2D eigenvalue weighted by Crippen LogP contribution is -2.19. The zero-order chi connectivity index (χ0) is 19.1. The van der Waals surface area contributed by atoms with Crippen LogP contribution in [0.5, 0.6) is 5.75 Å². The molecule has 2 aromatic carbocycles. The van der Waals surface area contributed by atoms with Crippen LogP contribution in [0.25, 0.3) is 0 Å². The van der Waals surface area contributed by atoms with Gasteiger partial charge < -0.3 is 4.74 Å². The van der Waals surface area contributed by atoms with Gasteiger partial charge in [0.2, 0.25) is 5.91 Å². The average molecular weight is 443 g/mol. The summed E-state index contributed by atoms with van der Waals surface area (Å²) in [7, 11) is 0. The van der Waals surface area contributed by atoms with Gasteiger partial charge in [-0.3, -0.25) is 4.79 Å². The second kappa shape index (κ2) is 9.25. The average Bonchev–Trinajstić information content (AvgIpc) is 3.19. The Hall–Kier alpha value is -2.77. The van der Waals surface area contributed by atoms with Crippen molar-refractivity contribution in [3.63, 3.8) is 0 Å². The number of carbonyl (C=O) groups excluding carboxylic acids is 2. The number of carbonyl (C=O) groups is 2. The molecule has 0 radical (unpaired) electrons. The maximum atomic E-state index is 12.0. The van der Waals surface area contributed by atoms with Gasteiger partial charge in [-0.25, -0.2) is 10.2 Å². The van der Waals surface area contributed by atoms with Gasteiger partial charge in [-0.1, -0.05) is 46.3 Å². The number of rotatable bonds is 6. The van der Waals surface area contributed by atoms with Gasteiger partial charge in [-0.2, -0.15) is 5.10 Å². The van der Waals surface area contributed by atoms with Crippen molar-refractivity contribution in [1.29, 1.82) is 0 Å². The van der Waals surface area contributed by atoms with E-state index >= 15 is 0 Å². The van der Waals surface area contributed by atoms with Crippen LogP contribution in [0, 0.1) is 0 Å². The monoisotopic (exact) mass is 442 g/mol. The van der Waals surface area contributed by atoms with Gasteiger partial charge in [0.25, 0.3) is 0 Å². The summed E-state index contributed by atoms with van der Waals surface area (Å²) in [6.07, 6.45) is 1.74. The first-order valence-corrected chi connectivity index (χ1v) is 9.69. The van der Waals surface area contributed by atoms with Crippen LogP contribution in [0.1, 0.15) is 20.8 Å². The van der Waals surface area contributed by atoms with E-state index in [1.54, 1.807) is 36.4 Å². The first-order chi connectivity index (χ1) is 13.1. The fraction of sp³-hybridized carbons (Fsp3) is 0.0500. The minimum Gasteiger partial charge on any atom is -0.422 e. The van der Waals surface area contributed by atoms with Crippen molar-refractivity contribution >= 4 is 45.4 Å². The minimum absolute atomic E-state index is 0.214. The number of ether oxygens (including phenoxy) is 1. The summed E-state index contributed by atoms with van der Waals surface area (Å²) in [6.45, 7) is 0. The van der Waals surface area contributed by atoms with Crippen LogP contribution in [0.3, 0.4) is 0 Å². The van der Waals surface area contributed by atoms with E-state index in [0.29, 0.717) is 16.2 Å². The first kappa shape index (κ1) is 19.0. The fourth-order valence-corrected chi connectivity index (χ4v) is 3.08. The second-order valence-corrected chi connectivity index (χ2v) is 7.40. The highest BCUT2D eigenvalue weighted by Crippen LogP contribution is 2.16. The van der Waals surface area contributed by atoms with Crippen LogP contribution in [-0.4, -0.2) is 18.1 Å². The number of hydrogen-bond donors (Lipinski definition) is 1. The molecule has 0 saturated heterocycles. The molecule has 0 aliphatic rings. The van der Waals surface area contributed by atoms with Gasteiger partial charge in [0.15, 0.2) is 0 Å². The summed E-state index contributed by atoms with van der Waals surface area (Å²) in [5, 5.41) is 5.77. The van der Waals surface area contributed by atoms with Crippen molar-refractivity contribution in [3.8, 4) is 5.75 Å². The third-order valence-electron chi connectivity index (χ3n) is 3.47. The number of hydrogen-bond acceptors (Lipinski definition) is 5. The Balaban J connectivity index is 1.54. The zero-order valence-electron chi connectivity index (χ0n) is 14.1. The van der Waals surface area contributed by atoms with Crippen LogP contribution in [-0.2, 0) is 11.2 Å². The second-order valence-electron chi connectivity index (χ2n) is 5.54. The molecule has 1 N–H and O–H groups in total. The molecular weight excluding hydrogens is 428 g/mol. The van der Waals surface area contributed by atoms with E-state index in [4.69, 9.17) is 4.74 Å². The molecule has 5 nitrogen and oxygen atoms in total. The van der Waals surface area contributed by atoms with E-state index in [0.717, 1.165) is 10.0 Å². The smallest absolute Gasteiger partial charge is 0.353 e. The van der Waals surface area contributed by atoms with Crippen LogP contribution < -0.4 is 10.2 Å². The lowest BCUT2D eigenvalue weighted by molar-refractivity contribution is -0.120. The Morgan fingerprint density at radius 2 is 1.93 bits per heavy atom. The lowest BCUT2D eigenvalue weighted by Gasteiger charge is -2.03. The molecule has 1 heterocycles. The molecule has 0 saturated carbocycles. The number of halogens is 1. The van der Waals surface area contributed by atoms with Gasteiger partial charge in [0.05, 0.1) is 12.6 Å². The molecule has 1 amide bonds. The summed E-state index contributed by atoms with van der Waals surface area (Å²) < 4.78 is 6.30. The van der Waals surface area contributed by atoms with Gasteiger partial charge >= 0.3 is 5.97 Å².